The number of para-hydroxylation sites is 1. The van der Waals surface area contributed by atoms with Crippen LogP contribution in [0, 0.1) is 5.92 Å². The first kappa shape index (κ1) is 9.22. The lowest BCUT2D eigenvalue weighted by molar-refractivity contribution is 1.19. The van der Waals surface area contributed by atoms with E-state index in [0.29, 0.717) is 10.9 Å². The van der Waals surface area contributed by atoms with Crippen molar-refractivity contribution in [1.82, 2.24) is 0 Å². The van der Waals surface area contributed by atoms with E-state index in [0.717, 1.165) is 5.69 Å². The van der Waals surface area contributed by atoms with Crippen LogP contribution in [0.1, 0.15) is 0 Å². The van der Waals surface area contributed by atoms with Gasteiger partial charge in [0.05, 0.1) is 10.7 Å². The van der Waals surface area contributed by atoms with Gasteiger partial charge < -0.3 is 0 Å². The fourth-order valence-corrected chi connectivity index (χ4v) is 1.46. The summed E-state index contributed by atoms with van der Waals surface area (Å²) >= 11 is 5.96. The lowest BCUT2D eigenvalue weighted by atomic mass is 10.2. The second-order valence-corrected chi connectivity index (χ2v) is 3.48. The Hall–Kier alpha value is -1.34. The van der Waals surface area contributed by atoms with E-state index in [1.54, 1.807) is 0 Å². The lowest BCUT2D eigenvalue weighted by Gasteiger charge is -1.98. The third-order valence-electron chi connectivity index (χ3n) is 2.02. The summed E-state index contributed by atoms with van der Waals surface area (Å²) in [7, 11) is 0. The summed E-state index contributed by atoms with van der Waals surface area (Å²) in [5, 5.41) is 0.690. The predicted octanol–water partition coefficient (Wildman–Crippen LogP) is 3.78. The normalized spacial score (nSPS) is 15.8. The van der Waals surface area contributed by atoms with E-state index in [2.05, 4.69) is 17.1 Å². The van der Waals surface area contributed by atoms with Gasteiger partial charge in [-0.3, -0.25) is 4.99 Å². The van der Waals surface area contributed by atoms with Crippen molar-refractivity contribution < 1.29 is 0 Å². The Morgan fingerprint density at radius 3 is 2.57 bits per heavy atom. The Labute approximate surface area is 88.4 Å². The van der Waals surface area contributed by atoms with Crippen LogP contribution in [0.4, 0.5) is 5.69 Å². The largest absolute Gasteiger partial charge is 0.259 e. The van der Waals surface area contributed by atoms with Crippen molar-refractivity contribution in [1.29, 1.82) is 0 Å². The molecular weight excluding hydrogens is 194 g/mol. The van der Waals surface area contributed by atoms with E-state index >= 15 is 0 Å². The summed E-state index contributed by atoms with van der Waals surface area (Å²) in [6.07, 6.45) is 10.1. The minimum atomic E-state index is 0.311. The molecule has 0 bridgehead atoms. The summed E-state index contributed by atoms with van der Waals surface area (Å²) in [5.74, 6) is 0.311. The quantitative estimate of drug-likeness (QED) is 0.649. The molecule has 0 heterocycles. The van der Waals surface area contributed by atoms with E-state index in [-0.39, 0.29) is 0 Å². The van der Waals surface area contributed by atoms with E-state index in [1.165, 1.54) is 0 Å². The first-order valence-corrected chi connectivity index (χ1v) is 4.88. The van der Waals surface area contributed by atoms with Gasteiger partial charge in [-0.15, -0.1) is 0 Å². The van der Waals surface area contributed by atoms with Crippen LogP contribution < -0.4 is 0 Å². The van der Waals surface area contributed by atoms with Crippen molar-refractivity contribution in [2.45, 2.75) is 0 Å². The summed E-state index contributed by atoms with van der Waals surface area (Å²) < 4.78 is 0. The molecule has 0 fully saturated rings. The number of allylic oxidation sites excluding steroid dienone is 4. The Balaban J connectivity index is 2.14. The second kappa shape index (κ2) is 4.25. The van der Waals surface area contributed by atoms with Gasteiger partial charge in [-0.25, -0.2) is 0 Å². The van der Waals surface area contributed by atoms with E-state index in [9.17, 15) is 0 Å². The maximum absolute atomic E-state index is 5.96. The highest BCUT2D eigenvalue weighted by Gasteiger charge is 1.99. The Bertz CT molecular complexity index is 393. The average Bonchev–Trinajstić information content (AvgIpc) is 2.69. The zero-order valence-electron chi connectivity index (χ0n) is 7.60. The highest BCUT2D eigenvalue weighted by Crippen LogP contribution is 2.23. The van der Waals surface area contributed by atoms with Gasteiger partial charge >= 0.3 is 0 Å². The molecule has 1 aliphatic carbocycles. The molecule has 0 spiro atoms. The molecule has 0 aromatic heterocycles. The van der Waals surface area contributed by atoms with Gasteiger partial charge in [0, 0.05) is 12.1 Å². The number of halogens is 1. The van der Waals surface area contributed by atoms with Crippen molar-refractivity contribution >= 4 is 23.5 Å². The number of nitrogens with zero attached hydrogens (tertiary/aromatic N) is 1. The monoisotopic (exact) mass is 203 g/mol. The molecule has 70 valence electrons. The fourth-order valence-electron chi connectivity index (χ4n) is 1.27. The van der Waals surface area contributed by atoms with Gasteiger partial charge in [-0.2, -0.15) is 0 Å². The summed E-state index contributed by atoms with van der Waals surface area (Å²) in [5.41, 5.74) is 0.822. The molecule has 2 rings (SSSR count). The minimum Gasteiger partial charge on any atom is -0.259 e. The van der Waals surface area contributed by atoms with Crippen LogP contribution in [0.3, 0.4) is 0 Å². The fraction of sp³-hybridized carbons (Fsp3) is 0.0833. The van der Waals surface area contributed by atoms with Gasteiger partial charge in [0.1, 0.15) is 0 Å². The summed E-state index contributed by atoms with van der Waals surface area (Å²) in [6.45, 7) is 0. The zero-order chi connectivity index (χ0) is 9.80. The first-order chi connectivity index (χ1) is 6.86. The SMILES string of the molecule is Clc1ccccc1N=CC1C=CC=C1. The van der Waals surface area contributed by atoms with Gasteiger partial charge in [-0.1, -0.05) is 48.0 Å². The van der Waals surface area contributed by atoms with E-state index in [1.807, 2.05) is 42.6 Å². The maximum Gasteiger partial charge on any atom is 0.0812 e. The predicted molar refractivity (Wildman–Crippen MR) is 61.4 cm³/mol. The Kier molecular flexibility index (Phi) is 2.80. The van der Waals surface area contributed by atoms with Crippen molar-refractivity contribution in [3.63, 3.8) is 0 Å². The summed E-state index contributed by atoms with van der Waals surface area (Å²) in [6, 6.07) is 7.57. The standard InChI is InChI=1S/C12H10ClN/c13-11-7-3-4-8-12(11)14-9-10-5-1-2-6-10/h1-10H. The number of hydrogen-bond acceptors (Lipinski definition) is 1. The van der Waals surface area contributed by atoms with Crippen LogP contribution in [-0.4, -0.2) is 6.21 Å². The van der Waals surface area contributed by atoms with Crippen LogP contribution in [0.2, 0.25) is 5.02 Å². The van der Waals surface area contributed by atoms with Gasteiger partial charge in [0.15, 0.2) is 0 Å². The topological polar surface area (TPSA) is 12.4 Å². The van der Waals surface area contributed by atoms with Crippen LogP contribution in [-0.2, 0) is 0 Å². The van der Waals surface area contributed by atoms with Crippen molar-refractivity contribution in [3.05, 3.63) is 53.6 Å². The molecule has 0 unspecified atom stereocenters. The zero-order valence-corrected chi connectivity index (χ0v) is 8.35. The molecule has 1 aromatic rings. The molecule has 0 saturated carbocycles. The van der Waals surface area contributed by atoms with Crippen molar-refractivity contribution in [2.24, 2.45) is 10.9 Å². The third kappa shape index (κ3) is 2.12. The number of hydrogen-bond donors (Lipinski definition) is 0. The van der Waals surface area contributed by atoms with Gasteiger partial charge in [0.25, 0.3) is 0 Å². The van der Waals surface area contributed by atoms with Crippen molar-refractivity contribution in [3.8, 4) is 0 Å². The molecular formula is C12H10ClN. The first-order valence-electron chi connectivity index (χ1n) is 4.50. The Morgan fingerprint density at radius 1 is 1.14 bits per heavy atom. The molecule has 0 N–H and O–H groups in total. The molecule has 0 radical (unpaired) electrons. The van der Waals surface area contributed by atoms with Gasteiger partial charge in [0.2, 0.25) is 0 Å². The molecule has 0 atom stereocenters. The van der Waals surface area contributed by atoms with Crippen LogP contribution in [0.15, 0.2) is 53.6 Å². The Morgan fingerprint density at radius 2 is 1.86 bits per heavy atom. The smallest absolute Gasteiger partial charge is 0.0812 e. The highest BCUT2D eigenvalue weighted by atomic mass is 35.5. The molecule has 0 amide bonds. The van der Waals surface area contributed by atoms with Gasteiger partial charge in [-0.05, 0) is 12.1 Å². The molecule has 1 aliphatic rings. The van der Waals surface area contributed by atoms with Crippen molar-refractivity contribution in [2.75, 3.05) is 0 Å². The number of rotatable bonds is 2. The third-order valence-corrected chi connectivity index (χ3v) is 2.34. The van der Waals surface area contributed by atoms with Crippen LogP contribution >= 0.6 is 11.6 Å². The minimum absolute atomic E-state index is 0.311. The molecule has 14 heavy (non-hydrogen) atoms. The molecule has 1 nitrogen and oxygen atoms in total. The summed E-state index contributed by atoms with van der Waals surface area (Å²) in [4.78, 5) is 4.33. The lowest BCUT2D eigenvalue weighted by Crippen LogP contribution is -1.88. The van der Waals surface area contributed by atoms with E-state index < -0.39 is 0 Å². The van der Waals surface area contributed by atoms with Crippen LogP contribution in [0.25, 0.3) is 0 Å². The number of aliphatic imine (C=N–C) groups is 1. The number of benzene rings is 1. The molecule has 2 heteroatoms. The average molecular weight is 204 g/mol. The molecule has 0 aliphatic heterocycles. The molecule has 0 saturated heterocycles. The highest BCUT2D eigenvalue weighted by molar-refractivity contribution is 6.33. The maximum atomic E-state index is 5.96. The van der Waals surface area contributed by atoms with E-state index in [4.69, 9.17) is 11.6 Å². The molecule has 1 aromatic carbocycles. The second-order valence-electron chi connectivity index (χ2n) is 3.08. The van der Waals surface area contributed by atoms with Crippen LogP contribution in [0.5, 0.6) is 0 Å².